The zero-order valence-electron chi connectivity index (χ0n) is 7.70. The van der Waals surface area contributed by atoms with Crippen LogP contribution in [0.4, 0.5) is 5.69 Å². The first kappa shape index (κ1) is 7.66. The number of anilines is 1. The molecule has 0 spiro atoms. The predicted molar refractivity (Wildman–Crippen MR) is 52.5 cm³/mol. The van der Waals surface area contributed by atoms with Gasteiger partial charge in [0, 0.05) is 17.8 Å². The van der Waals surface area contributed by atoms with Crippen LogP contribution in [-0.4, -0.2) is 12.1 Å². The Bertz CT molecular complexity index is 247. The molecule has 12 heavy (non-hydrogen) atoms. The highest BCUT2D eigenvalue weighted by atomic mass is 15.2. The van der Waals surface area contributed by atoms with Gasteiger partial charge in [0.25, 0.3) is 0 Å². The predicted octanol–water partition coefficient (Wildman–Crippen LogP) is 2.67. The summed E-state index contributed by atoms with van der Waals surface area (Å²) < 4.78 is 0. The van der Waals surface area contributed by atoms with Crippen LogP contribution in [0, 0.1) is 0 Å². The number of benzene rings is 1. The van der Waals surface area contributed by atoms with Crippen molar-refractivity contribution in [1.29, 1.82) is 0 Å². The number of nitrogens with zero attached hydrogens (tertiary/aromatic N) is 1. The normalized spacial score (nSPS) is 28.3. The van der Waals surface area contributed by atoms with E-state index >= 15 is 0 Å². The maximum atomic E-state index is 2.47. The number of hydrogen-bond donors (Lipinski definition) is 0. The van der Waals surface area contributed by atoms with E-state index in [1.165, 1.54) is 12.1 Å². The molecule has 0 amide bonds. The van der Waals surface area contributed by atoms with Gasteiger partial charge >= 0.3 is 0 Å². The SMILES string of the molecule is C[C@H]1C[C@H](C)N1c1ccccc1. The maximum Gasteiger partial charge on any atom is 0.0371 e. The Morgan fingerprint density at radius 2 is 1.67 bits per heavy atom. The lowest BCUT2D eigenvalue weighted by atomic mass is 9.95. The molecule has 0 aliphatic carbocycles. The van der Waals surface area contributed by atoms with E-state index in [0.717, 1.165) is 12.1 Å². The number of para-hydroxylation sites is 1. The molecule has 1 saturated heterocycles. The van der Waals surface area contributed by atoms with Gasteiger partial charge in [0.15, 0.2) is 0 Å². The quantitative estimate of drug-likeness (QED) is 0.612. The Balaban J connectivity index is 2.20. The van der Waals surface area contributed by atoms with Crippen LogP contribution in [0.3, 0.4) is 0 Å². The Morgan fingerprint density at radius 1 is 1.08 bits per heavy atom. The first-order chi connectivity index (χ1) is 5.79. The van der Waals surface area contributed by atoms with Crippen LogP contribution >= 0.6 is 0 Å². The fourth-order valence-electron chi connectivity index (χ4n) is 2.13. The van der Waals surface area contributed by atoms with E-state index in [-0.39, 0.29) is 0 Å². The van der Waals surface area contributed by atoms with Crippen LogP contribution in [0.25, 0.3) is 0 Å². The molecule has 0 N–H and O–H groups in total. The summed E-state index contributed by atoms with van der Waals surface area (Å²) in [5.74, 6) is 0. The standard InChI is InChI=1S/C11H15N/c1-9-8-10(2)12(9)11-6-4-3-5-7-11/h3-7,9-10H,8H2,1-2H3/t9-,10-/m0/s1. The topological polar surface area (TPSA) is 3.24 Å². The lowest BCUT2D eigenvalue weighted by Crippen LogP contribution is -2.53. The van der Waals surface area contributed by atoms with Gasteiger partial charge in [-0.2, -0.15) is 0 Å². The van der Waals surface area contributed by atoms with E-state index in [0.29, 0.717) is 0 Å². The van der Waals surface area contributed by atoms with Crippen molar-refractivity contribution in [2.75, 3.05) is 4.90 Å². The van der Waals surface area contributed by atoms with Gasteiger partial charge in [-0.1, -0.05) is 18.2 Å². The molecule has 1 heteroatoms. The van der Waals surface area contributed by atoms with Gasteiger partial charge in [0.05, 0.1) is 0 Å². The summed E-state index contributed by atoms with van der Waals surface area (Å²) in [7, 11) is 0. The van der Waals surface area contributed by atoms with Gasteiger partial charge < -0.3 is 4.90 Å². The Kier molecular flexibility index (Phi) is 1.80. The monoisotopic (exact) mass is 161 g/mol. The molecule has 1 aromatic rings. The molecule has 0 aromatic heterocycles. The Labute approximate surface area is 74.0 Å². The third-order valence-electron chi connectivity index (χ3n) is 2.69. The van der Waals surface area contributed by atoms with Crippen LogP contribution in [-0.2, 0) is 0 Å². The zero-order valence-corrected chi connectivity index (χ0v) is 7.70. The minimum atomic E-state index is 0.724. The molecule has 1 aliphatic rings. The second-order valence-electron chi connectivity index (χ2n) is 3.68. The van der Waals surface area contributed by atoms with Gasteiger partial charge in [-0.15, -0.1) is 0 Å². The molecule has 0 bridgehead atoms. The van der Waals surface area contributed by atoms with Crippen LogP contribution in [0.15, 0.2) is 30.3 Å². The lowest BCUT2D eigenvalue weighted by molar-refractivity contribution is 0.380. The smallest absolute Gasteiger partial charge is 0.0371 e. The molecule has 1 heterocycles. The number of hydrogen-bond acceptors (Lipinski definition) is 1. The maximum absolute atomic E-state index is 2.47. The highest BCUT2D eigenvalue weighted by Gasteiger charge is 2.31. The van der Waals surface area contributed by atoms with E-state index < -0.39 is 0 Å². The fourth-order valence-corrected chi connectivity index (χ4v) is 2.13. The first-order valence-corrected chi connectivity index (χ1v) is 4.62. The molecule has 1 aliphatic heterocycles. The average molecular weight is 161 g/mol. The third-order valence-corrected chi connectivity index (χ3v) is 2.69. The van der Waals surface area contributed by atoms with Gasteiger partial charge in [0.2, 0.25) is 0 Å². The molecule has 1 fully saturated rings. The molecule has 0 unspecified atom stereocenters. The molecular weight excluding hydrogens is 146 g/mol. The highest BCUT2D eigenvalue weighted by molar-refractivity contribution is 5.50. The molecule has 2 atom stereocenters. The van der Waals surface area contributed by atoms with Crippen molar-refractivity contribution in [2.45, 2.75) is 32.4 Å². The lowest BCUT2D eigenvalue weighted by Gasteiger charge is -2.47. The minimum absolute atomic E-state index is 0.724. The van der Waals surface area contributed by atoms with Crippen molar-refractivity contribution < 1.29 is 0 Å². The fraction of sp³-hybridized carbons (Fsp3) is 0.455. The summed E-state index contributed by atoms with van der Waals surface area (Å²) in [5, 5.41) is 0. The summed E-state index contributed by atoms with van der Waals surface area (Å²) >= 11 is 0. The highest BCUT2D eigenvalue weighted by Crippen LogP contribution is 2.31. The molecular formula is C11H15N. The van der Waals surface area contributed by atoms with Crippen molar-refractivity contribution in [3.8, 4) is 0 Å². The molecule has 1 aromatic carbocycles. The van der Waals surface area contributed by atoms with E-state index in [1.54, 1.807) is 0 Å². The van der Waals surface area contributed by atoms with E-state index in [2.05, 4.69) is 49.1 Å². The molecule has 0 saturated carbocycles. The number of rotatable bonds is 1. The van der Waals surface area contributed by atoms with Gasteiger partial charge in [0.1, 0.15) is 0 Å². The Hall–Kier alpha value is -0.980. The van der Waals surface area contributed by atoms with E-state index in [1.807, 2.05) is 0 Å². The van der Waals surface area contributed by atoms with E-state index in [9.17, 15) is 0 Å². The van der Waals surface area contributed by atoms with Crippen molar-refractivity contribution in [3.63, 3.8) is 0 Å². The van der Waals surface area contributed by atoms with Crippen LogP contribution in [0.5, 0.6) is 0 Å². The molecule has 0 radical (unpaired) electrons. The molecule has 1 nitrogen and oxygen atoms in total. The summed E-state index contributed by atoms with van der Waals surface area (Å²) in [5.41, 5.74) is 1.36. The first-order valence-electron chi connectivity index (χ1n) is 4.62. The van der Waals surface area contributed by atoms with Gasteiger partial charge in [-0.3, -0.25) is 0 Å². The van der Waals surface area contributed by atoms with Crippen LogP contribution in [0.2, 0.25) is 0 Å². The second kappa shape index (κ2) is 2.81. The third kappa shape index (κ3) is 1.09. The summed E-state index contributed by atoms with van der Waals surface area (Å²) in [4.78, 5) is 2.47. The van der Waals surface area contributed by atoms with Crippen molar-refractivity contribution in [3.05, 3.63) is 30.3 Å². The average Bonchev–Trinajstić information content (AvgIpc) is 2.05. The van der Waals surface area contributed by atoms with E-state index in [4.69, 9.17) is 0 Å². The van der Waals surface area contributed by atoms with Gasteiger partial charge in [-0.25, -0.2) is 0 Å². The van der Waals surface area contributed by atoms with Crippen molar-refractivity contribution in [1.82, 2.24) is 0 Å². The zero-order chi connectivity index (χ0) is 8.55. The molecule has 64 valence electrons. The van der Waals surface area contributed by atoms with Crippen LogP contribution in [0.1, 0.15) is 20.3 Å². The summed E-state index contributed by atoms with van der Waals surface area (Å²) in [6.07, 6.45) is 1.33. The minimum Gasteiger partial charge on any atom is -0.366 e. The van der Waals surface area contributed by atoms with Gasteiger partial charge in [-0.05, 0) is 32.4 Å². The summed E-state index contributed by atoms with van der Waals surface area (Å²) in [6.45, 7) is 4.57. The Morgan fingerprint density at radius 3 is 2.17 bits per heavy atom. The second-order valence-corrected chi connectivity index (χ2v) is 3.68. The van der Waals surface area contributed by atoms with Crippen molar-refractivity contribution in [2.24, 2.45) is 0 Å². The molecule has 2 rings (SSSR count). The largest absolute Gasteiger partial charge is 0.366 e. The van der Waals surface area contributed by atoms with Crippen LogP contribution < -0.4 is 4.90 Å². The summed E-state index contributed by atoms with van der Waals surface area (Å²) in [6, 6.07) is 12.1. The van der Waals surface area contributed by atoms with Crippen molar-refractivity contribution >= 4 is 5.69 Å².